The average molecular weight is 496 g/mol. The van der Waals surface area contributed by atoms with Crippen LogP contribution in [0.1, 0.15) is 22.4 Å². The van der Waals surface area contributed by atoms with Crippen LogP contribution in [0.2, 0.25) is 0 Å². The Bertz CT molecular complexity index is 893. The van der Waals surface area contributed by atoms with Gasteiger partial charge in [-0.25, -0.2) is 10.4 Å². The molecule has 1 heterocycles. The second-order valence-electron chi connectivity index (χ2n) is 5.35. The van der Waals surface area contributed by atoms with Crippen LogP contribution < -0.4 is 10.2 Å². The molecule has 2 aromatic rings. The number of aromatic nitrogens is 1. The molecule has 7 nitrogen and oxygen atoms in total. The molecule has 0 spiro atoms. The van der Waals surface area contributed by atoms with Gasteiger partial charge in [0.25, 0.3) is 5.91 Å². The maximum atomic E-state index is 11.9. The predicted octanol–water partition coefficient (Wildman–Crippen LogP) is 3.46. The Balaban J connectivity index is 2.02. The van der Waals surface area contributed by atoms with Gasteiger partial charge in [0.05, 0.1) is 18.5 Å². The Hall–Kier alpha value is -2.28. The summed E-state index contributed by atoms with van der Waals surface area (Å²) in [7, 11) is 1.53. The van der Waals surface area contributed by atoms with Gasteiger partial charge in [-0.1, -0.05) is 28.1 Å². The van der Waals surface area contributed by atoms with Crippen LogP contribution in [0, 0.1) is 18.3 Å². The van der Waals surface area contributed by atoms with Crippen LogP contribution in [0.4, 0.5) is 0 Å². The van der Waals surface area contributed by atoms with Crippen molar-refractivity contribution >= 4 is 44.0 Å². The van der Waals surface area contributed by atoms with Crippen molar-refractivity contribution in [1.29, 1.82) is 5.26 Å². The third-order valence-corrected chi connectivity index (χ3v) is 4.96. The molecule has 0 atom stereocenters. The Morgan fingerprint density at radius 2 is 2.07 bits per heavy atom. The number of amides is 1. The third kappa shape index (κ3) is 5.85. The second-order valence-corrected chi connectivity index (χ2v) is 7.06. The van der Waals surface area contributed by atoms with Crippen LogP contribution in [0.3, 0.4) is 0 Å². The fraction of sp³-hybridized carbons (Fsp3) is 0.222. The minimum Gasteiger partial charge on any atom is -0.467 e. The van der Waals surface area contributed by atoms with Crippen LogP contribution in [0.5, 0.6) is 5.88 Å². The van der Waals surface area contributed by atoms with Gasteiger partial charge in [-0.05, 0) is 40.5 Å². The van der Waals surface area contributed by atoms with Gasteiger partial charge in [-0.2, -0.15) is 10.4 Å². The minimum absolute atomic E-state index is 0.0808. The van der Waals surface area contributed by atoms with Crippen molar-refractivity contribution in [2.24, 2.45) is 5.10 Å². The summed E-state index contributed by atoms with van der Waals surface area (Å²) >= 11 is 6.74. The maximum Gasteiger partial charge on any atom is 0.278 e. The molecule has 1 N–H and O–H groups in total. The predicted molar refractivity (Wildman–Crippen MR) is 107 cm³/mol. The zero-order valence-corrected chi connectivity index (χ0v) is 17.8. The van der Waals surface area contributed by atoms with Crippen molar-refractivity contribution < 1.29 is 14.3 Å². The zero-order valence-electron chi connectivity index (χ0n) is 14.6. The molecule has 1 aromatic carbocycles. The molecule has 0 radical (unpaired) electrons. The van der Waals surface area contributed by atoms with Crippen LogP contribution in [-0.2, 0) is 16.1 Å². The molecule has 27 heavy (non-hydrogen) atoms. The van der Waals surface area contributed by atoms with E-state index in [0.717, 1.165) is 10.0 Å². The standard InChI is InChI=1S/C18H16Br2N4O3/c1-11-17(20)15(9-26-2)14(7-21)18(23-11)27-10-16(25)24-22-8-12-3-5-13(19)6-4-12/h3-6,8H,9-10H2,1-2H3,(H,24,25). The molecule has 0 saturated heterocycles. The number of carbonyl (C=O) groups excluding carboxylic acids is 1. The van der Waals surface area contributed by atoms with Crippen molar-refractivity contribution in [2.45, 2.75) is 13.5 Å². The largest absolute Gasteiger partial charge is 0.467 e. The molecular formula is C18H16Br2N4O3. The molecule has 1 amide bonds. The summed E-state index contributed by atoms with van der Waals surface area (Å²) in [6.07, 6.45) is 1.52. The Labute approximate surface area is 173 Å². The van der Waals surface area contributed by atoms with Gasteiger partial charge in [0, 0.05) is 21.6 Å². The zero-order chi connectivity index (χ0) is 19.8. The van der Waals surface area contributed by atoms with Crippen LogP contribution in [-0.4, -0.2) is 30.8 Å². The smallest absolute Gasteiger partial charge is 0.278 e. The number of hydrogen-bond acceptors (Lipinski definition) is 6. The molecule has 0 aliphatic rings. The van der Waals surface area contributed by atoms with Crippen LogP contribution in [0.25, 0.3) is 0 Å². The quantitative estimate of drug-likeness (QED) is 0.468. The van der Waals surface area contributed by atoms with E-state index in [0.29, 0.717) is 15.7 Å². The van der Waals surface area contributed by atoms with E-state index in [1.807, 2.05) is 30.3 Å². The number of nitrogens with zero attached hydrogens (tertiary/aromatic N) is 3. The molecule has 0 aliphatic heterocycles. The molecule has 140 valence electrons. The number of methoxy groups -OCH3 is 1. The van der Waals surface area contributed by atoms with Gasteiger partial charge in [-0.3, -0.25) is 4.79 Å². The van der Waals surface area contributed by atoms with Gasteiger partial charge in [0.1, 0.15) is 11.6 Å². The van der Waals surface area contributed by atoms with Crippen molar-refractivity contribution in [1.82, 2.24) is 10.4 Å². The number of pyridine rings is 1. The van der Waals surface area contributed by atoms with Gasteiger partial charge in [-0.15, -0.1) is 0 Å². The van der Waals surface area contributed by atoms with Crippen molar-refractivity contribution in [3.63, 3.8) is 0 Å². The van der Waals surface area contributed by atoms with Crippen molar-refractivity contribution in [3.05, 3.63) is 55.6 Å². The van der Waals surface area contributed by atoms with Crippen molar-refractivity contribution in [3.8, 4) is 11.9 Å². The summed E-state index contributed by atoms with van der Waals surface area (Å²) < 4.78 is 12.2. The van der Waals surface area contributed by atoms with E-state index in [9.17, 15) is 10.1 Å². The molecule has 0 unspecified atom stereocenters. The fourth-order valence-electron chi connectivity index (χ4n) is 2.11. The van der Waals surface area contributed by atoms with Crippen LogP contribution >= 0.6 is 31.9 Å². The molecule has 0 bridgehead atoms. The number of hydrazone groups is 1. The van der Waals surface area contributed by atoms with E-state index in [1.165, 1.54) is 13.3 Å². The van der Waals surface area contributed by atoms with E-state index in [1.54, 1.807) is 6.92 Å². The Kier molecular flexibility index (Phi) is 7.91. The lowest BCUT2D eigenvalue weighted by Crippen LogP contribution is -2.25. The SMILES string of the molecule is COCc1c(Br)c(C)nc(OCC(=O)NN=Cc2ccc(Br)cc2)c1C#N. The first-order valence-corrected chi connectivity index (χ1v) is 9.33. The monoisotopic (exact) mass is 494 g/mol. The highest BCUT2D eigenvalue weighted by atomic mass is 79.9. The maximum absolute atomic E-state index is 11.9. The number of nitrogens with one attached hydrogen (secondary N) is 1. The molecule has 9 heteroatoms. The Morgan fingerprint density at radius 1 is 1.37 bits per heavy atom. The van der Waals surface area contributed by atoms with E-state index in [2.05, 4.69) is 47.4 Å². The summed E-state index contributed by atoms with van der Waals surface area (Å²) in [5.74, 6) is -0.389. The number of ether oxygens (including phenoxy) is 2. The van der Waals surface area contributed by atoms with Crippen LogP contribution in [0.15, 0.2) is 38.3 Å². The first kappa shape index (κ1) is 21.0. The van der Waals surface area contributed by atoms with E-state index < -0.39 is 5.91 Å². The number of aryl methyl sites for hydroxylation is 1. The number of hydrogen-bond donors (Lipinski definition) is 1. The van der Waals surface area contributed by atoms with Gasteiger partial charge < -0.3 is 9.47 Å². The summed E-state index contributed by atoms with van der Waals surface area (Å²) in [6.45, 7) is 1.65. The molecule has 1 aromatic heterocycles. The summed E-state index contributed by atoms with van der Waals surface area (Å²) in [5.41, 5.74) is 4.68. The Morgan fingerprint density at radius 3 is 2.70 bits per heavy atom. The number of rotatable bonds is 7. The second kappa shape index (κ2) is 10.2. The normalized spacial score (nSPS) is 10.6. The lowest BCUT2D eigenvalue weighted by atomic mass is 10.1. The van der Waals surface area contributed by atoms with Crippen molar-refractivity contribution in [2.75, 3.05) is 13.7 Å². The lowest BCUT2D eigenvalue weighted by molar-refractivity contribution is -0.123. The highest BCUT2D eigenvalue weighted by Crippen LogP contribution is 2.29. The van der Waals surface area contributed by atoms with E-state index in [4.69, 9.17) is 9.47 Å². The summed E-state index contributed by atoms with van der Waals surface area (Å²) in [4.78, 5) is 16.1. The summed E-state index contributed by atoms with van der Waals surface area (Å²) in [6, 6.07) is 9.48. The van der Waals surface area contributed by atoms with Gasteiger partial charge >= 0.3 is 0 Å². The first-order chi connectivity index (χ1) is 13.0. The number of halogens is 2. The lowest BCUT2D eigenvalue weighted by Gasteiger charge is -2.13. The minimum atomic E-state index is -0.470. The van der Waals surface area contributed by atoms with E-state index in [-0.39, 0.29) is 24.7 Å². The van der Waals surface area contributed by atoms with Gasteiger partial charge in [0.2, 0.25) is 5.88 Å². The fourth-order valence-corrected chi connectivity index (χ4v) is 2.77. The molecular weight excluding hydrogens is 480 g/mol. The topological polar surface area (TPSA) is 96.6 Å². The van der Waals surface area contributed by atoms with E-state index >= 15 is 0 Å². The number of nitriles is 1. The molecule has 2 rings (SSSR count). The highest BCUT2D eigenvalue weighted by Gasteiger charge is 2.18. The molecule has 0 saturated carbocycles. The third-order valence-electron chi connectivity index (χ3n) is 3.38. The average Bonchev–Trinajstić information content (AvgIpc) is 2.65. The first-order valence-electron chi connectivity index (χ1n) is 7.74. The number of carbonyl (C=O) groups is 1. The van der Waals surface area contributed by atoms with Gasteiger partial charge in [0.15, 0.2) is 6.61 Å². The highest BCUT2D eigenvalue weighted by molar-refractivity contribution is 9.10. The number of benzene rings is 1. The summed E-state index contributed by atoms with van der Waals surface area (Å²) in [5, 5.41) is 13.3. The molecule has 0 fully saturated rings. The molecule has 0 aliphatic carbocycles.